The Morgan fingerprint density at radius 2 is 1.57 bits per heavy atom. The van der Waals surface area contributed by atoms with Crippen LogP contribution < -0.4 is 0 Å². The van der Waals surface area contributed by atoms with Crippen molar-refractivity contribution in [3.05, 3.63) is 35.4 Å². The molecule has 0 atom stereocenters. The first-order valence-electron chi connectivity index (χ1n) is 8.74. The van der Waals surface area contributed by atoms with Crippen molar-refractivity contribution in [3.8, 4) is 0 Å². The van der Waals surface area contributed by atoms with Gasteiger partial charge in [0.15, 0.2) is 0 Å². The number of nitrogens with zero attached hydrogens (tertiary/aromatic N) is 2. The van der Waals surface area contributed by atoms with Gasteiger partial charge in [-0.3, -0.25) is 9.59 Å². The third kappa shape index (κ3) is 3.74. The van der Waals surface area contributed by atoms with Gasteiger partial charge in [-0.2, -0.15) is 0 Å². The van der Waals surface area contributed by atoms with E-state index < -0.39 is 0 Å². The van der Waals surface area contributed by atoms with Crippen molar-refractivity contribution < 1.29 is 9.59 Å². The molecule has 1 aliphatic carbocycles. The zero-order valence-corrected chi connectivity index (χ0v) is 14.1. The van der Waals surface area contributed by atoms with E-state index >= 15 is 0 Å². The average Bonchev–Trinajstić information content (AvgIpc) is 3.40. The van der Waals surface area contributed by atoms with E-state index in [-0.39, 0.29) is 11.8 Å². The van der Waals surface area contributed by atoms with Gasteiger partial charge in [0.1, 0.15) is 0 Å². The number of amides is 2. The first kappa shape index (κ1) is 16.0. The molecule has 1 heterocycles. The van der Waals surface area contributed by atoms with Gasteiger partial charge in [-0.25, -0.2) is 0 Å². The number of hydrogen-bond donors (Lipinski definition) is 0. The Hall–Kier alpha value is -1.84. The molecular formula is C19H26N2O2. The lowest BCUT2D eigenvalue weighted by Gasteiger charge is -2.22. The van der Waals surface area contributed by atoms with Gasteiger partial charge in [-0.15, -0.1) is 0 Å². The molecule has 0 N–H and O–H groups in total. The molecule has 0 aromatic heterocycles. The molecule has 23 heavy (non-hydrogen) atoms. The van der Waals surface area contributed by atoms with Crippen LogP contribution in [0.4, 0.5) is 0 Å². The third-order valence-corrected chi connectivity index (χ3v) is 4.85. The fraction of sp³-hybridized carbons (Fsp3) is 0.579. The van der Waals surface area contributed by atoms with Gasteiger partial charge < -0.3 is 9.80 Å². The fourth-order valence-electron chi connectivity index (χ4n) is 3.12. The van der Waals surface area contributed by atoms with Crippen LogP contribution in [0.3, 0.4) is 0 Å². The molecule has 0 unspecified atom stereocenters. The van der Waals surface area contributed by atoms with E-state index in [2.05, 4.69) is 13.8 Å². The molecule has 2 aliphatic rings. The van der Waals surface area contributed by atoms with Gasteiger partial charge in [0.2, 0.25) is 5.91 Å². The van der Waals surface area contributed by atoms with Crippen molar-refractivity contribution in [2.75, 3.05) is 26.2 Å². The van der Waals surface area contributed by atoms with Crippen LogP contribution in [-0.2, 0) is 4.79 Å². The van der Waals surface area contributed by atoms with Crippen molar-refractivity contribution in [2.24, 2.45) is 5.92 Å². The van der Waals surface area contributed by atoms with Gasteiger partial charge in [0.25, 0.3) is 5.91 Å². The van der Waals surface area contributed by atoms with Crippen molar-refractivity contribution in [1.29, 1.82) is 0 Å². The van der Waals surface area contributed by atoms with Crippen LogP contribution in [0.5, 0.6) is 0 Å². The van der Waals surface area contributed by atoms with E-state index in [0.29, 0.717) is 24.9 Å². The molecule has 4 nitrogen and oxygen atoms in total. The summed E-state index contributed by atoms with van der Waals surface area (Å²) >= 11 is 0. The summed E-state index contributed by atoms with van der Waals surface area (Å²) < 4.78 is 0. The Labute approximate surface area is 138 Å². The van der Waals surface area contributed by atoms with Gasteiger partial charge in [0.05, 0.1) is 0 Å². The Morgan fingerprint density at radius 3 is 2.17 bits per heavy atom. The van der Waals surface area contributed by atoms with E-state index in [1.54, 1.807) is 0 Å². The second-order valence-electron chi connectivity index (χ2n) is 7.02. The fourth-order valence-corrected chi connectivity index (χ4v) is 3.12. The van der Waals surface area contributed by atoms with Crippen LogP contribution >= 0.6 is 0 Å². The molecule has 1 aromatic carbocycles. The highest BCUT2D eigenvalue weighted by atomic mass is 16.2. The summed E-state index contributed by atoms with van der Waals surface area (Å²) in [7, 11) is 0. The van der Waals surface area contributed by atoms with E-state index in [1.807, 2.05) is 34.1 Å². The monoisotopic (exact) mass is 314 g/mol. The summed E-state index contributed by atoms with van der Waals surface area (Å²) in [5.74, 6) is 1.11. The van der Waals surface area contributed by atoms with E-state index in [1.165, 1.54) is 5.56 Å². The lowest BCUT2D eigenvalue weighted by molar-refractivity contribution is -0.132. The first-order valence-corrected chi connectivity index (χ1v) is 8.74. The standard InChI is InChI=1S/C19H26N2O2/c1-14(2)15-4-6-16(7-5-15)18(22)20-10-3-11-21(13-12-20)19(23)17-8-9-17/h4-7,14,17H,3,8-13H2,1-2H3. The van der Waals surface area contributed by atoms with Crippen LogP contribution in [0.25, 0.3) is 0 Å². The Morgan fingerprint density at radius 1 is 0.957 bits per heavy atom. The zero-order chi connectivity index (χ0) is 16.4. The molecule has 2 fully saturated rings. The normalized spacial score (nSPS) is 18.9. The maximum absolute atomic E-state index is 12.7. The molecule has 1 saturated heterocycles. The van der Waals surface area contributed by atoms with Crippen molar-refractivity contribution >= 4 is 11.8 Å². The smallest absolute Gasteiger partial charge is 0.253 e. The zero-order valence-electron chi connectivity index (χ0n) is 14.1. The largest absolute Gasteiger partial charge is 0.341 e. The number of carbonyl (C=O) groups excluding carboxylic acids is 2. The third-order valence-electron chi connectivity index (χ3n) is 4.85. The van der Waals surface area contributed by atoms with Crippen molar-refractivity contribution in [1.82, 2.24) is 9.80 Å². The minimum Gasteiger partial charge on any atom is -0.341 e. The minimum atomic E-state index is 0.0843. The highest BCUT2D eigenvalue weighted by Gasteiger charge is 2.34. The van der Waals surface area contributed by atoms with Gasteiger partial charge in [-0.05, 0) is 42.9 Å². The maximum atomic E-state index is 12.7. The Balaban J connectivity index is 1.62. The molecule has 124 valence electrons. The molecule has 1 saturated carbocycles. The van der Waals surface area contributed by atoms with Crippen LogP contribution in [-0.4, -0.2) is 47.8 Å². The molecule has 0 bridgehead atoms. The van der Waals surface area contributed by atoms with Crippen molar-refractivity contribution in [2.45, 2.75) is 39.0 Å². The predicted octanol–water partition coefficient (Wildman–Crippen LogP) is 2.89. The molecule has 0 radical (unpaired) electrons. The lowest BCUT2D eigenvalue weighted by atomic mass is 10.0. The molecule has 0 spiro atoms. The van der Waals surface area contributed by atoms with Crippen LogP contribution in [0.1, 0.15) is 54.9 Å². The quantitative estimate of drug-likeness (QED) is 0.861. The molecule has 4 heteroatoms. The second kappa shape index (κ2) is 6.73. The van der Waals surface area contributed by atoms with Gasteiger partial charge in [0, 0.05) is 37.7 Å². The van der Waals surface area contributed by atoms with Crippen LogP contribution in [0.2, 0.25) is 0 Å². The highest BCUT2D eigenvalue weighted by molar-refractivity contribution is 5.94. The number of benzene rings is 1. The summed E-state index contributed by atoms with van der Waals surface area (Å²) in [4.78, 5) is 28.7. The average molecular weight is 314 g/mol. The molecule has 3 rings (SSSR count). The van der Waals surface area contributed by atoms with Gasteiger partial charge in [-0.1, -0.05) is 26.0 Å². The summed E-state index contributed by atoms with van der Waals surface area (Å²) in [5, 5.41) is 0. The van der Waals surface area contributed by atoms with Crippen molar-refractivity contribution in [3.63, 3.8) is 0 Å². The number of rotatable bonds is 3. The summed E-state index contributed by atoms with van der Waals surface area (Å²) in [6.07, 6.45) is 2.95. The summed E-state index contributed by atoms with van der Waals surface area (Å²) in [6.45, 7) is 7.13. The molecule has 1 aromatic rings. The Kier molecular flexibility index (Phi) is 4.69. The highest BCUT2D eigenvalue weighted by Crippen LogP contribution is 2.31. The summed E-state index contributed by atoms with van der Waals surface area (Å²) in [6, 6.07) is 7.93. The van der Waals surface area contributed by atoms with E-state index in [9.17, 15) is 9.59 Å². The molecular weight excluding hydrogens is 288 g/mol. The second-order valence-corrected chi connectivity index (χ2v) is 7.02. The summed E-state index contributed by atoms with van der Waals surface area (Å²) in [5.41, 5.74) is 2.00. The number of hydrogen-bond acceptors (Lipinski definition) is 2. The van der Waals surface area contributed by atoms with E-state index in [4.69, 9.17) is 0 Å². The Bertz CT molecular complexity index is 576. The van der Waals surface area contributed by atoms with Gasteiger partial charge >= 0.3 is 0 Å². The first-order chi connectivity index (χ1) is 11.1. The predicted molar refractivity (Wildman–Crippen MR) is 90.4 cm³/mol. The topological polar surface area (TPSA) is 40.6 Å². The number of carbonyl (C=O) groups is 2. The SMILES string of the molecule is CC(C)c1ccc(C(=O)N2CCCN(C(=O)C3CC3)CC2)cc1. The lowest BCUT2D eigenvalue weighted by Crippen LogP contribution is -2.37. The van der Waals surface area contributed by atoms with E-state index in [0.717, 1.165) is 37.9 Å². The van der Waals surface area contributed by atoms with Crippen LogP contribution in [0, 0.1) is 5.92 Å². The molecule has 1 aliphatic heterocycles. The van der Waals surface area contributed by atoms with Crippen LogP contribution in [0.15, 0.2) is 24.3 Å². The maximum Gasteiger partial charge on any atom is 0.253 e. The molecule has 2 amide bonds. The minimum absolute atomic E-state index is 0.0843.